The Kier molecular flexibility index (Phi) is 9.14. The summed E-state index contributed by atoms with van der Waals surface area (Å²) in [6.45, 7) is 4.37. The standard InChI is InChI=1S/C22H33N5O2S/c1-18(27(3)17-19-10-6-5-7-11-19)14-15-24-22(23-2)25-16-20-12-8-9-13-21(20)26-30(4,28)29/h5-13,18,26H,14-17H2,1-4H3,(H2,23,24,25). The average Bonchev–Trinajstić information content (AvgIpc) is 2.71. The van der Waals surface area contributed by atoms with Crippen molar-refractivity contribution in [2.24, 2.45) is 4.99 Å². The van der Waals surface area contributed by atoms with E-state index in [9.17, 15) is 8.42 Å². The van der Waals surface area contributed by atoms with Crippen molar-refractivity contribution < 1.29 is 8.42 Å². The molecule has 0 heterocycles. The molecule has 0 saturated carbocycles. The van der Waals surface area contributed by atoms with Crippen molar-refractivity contribution in [2.75, 3.05) is 31.6 Å². The molecule has 3 N–H and O–H groups in total. The molecule has 30 heavy (non-hydrogen) atoms. The monoisotopic (exact) mass is 431 g/mol. The minimum Gasteiger partial charge on any atom is -0.356 e. The molecule has 7 nitrogen and oxygen atoms in total. The summed E-state index contributed by atoms with van der Waals surface area (Å²) in [5, 5.41) is 6.58. The highest BCUT2D eigenvalue weighted by atomic mass is 32.2. The van der Waals surface area contributed by atoms with Crippen LogP contribution >= 0.6 is 0 Å². The predicted molar refractivity (Wildman–Crippen MR) is 125 cm³/mol. The molecule has 0 radical (unpaired) electrons. The molecule has 0 fully saturated rings. The fourth-order valence-electron chi connectivity index (χ4n) is 3.02. The molecule has 164 valence electrons. The number of nitrogens with zero attached hydrogens (tertiary/aromatic N) is 2. The topological polar surface area (TPSA) is 85.8 Å². The number of benzene rings is 2. The van der Waals surface area contributed by atoms with Crippen LogP contribution in [0.4, 0.5) is 5.69 Å². The summed E-state index contributed by atoms with van der Waals surface area (Å²) in [6.07, 6.45) is 2.12. The molecule has 2 rings (SSSR count). The third kappa shape index (κ3) is 8.42. The van der Waals surface area contributed by atoms with Crippen LogP contribution in [0.25, 0.3) is 0 Å². The van der Waals surface area contributed by atoms with E-state index in [2.05, 4.69) is 63.5 Å². The van der Waals surface area contributed by atoms with E-state index in [0.29, 0.717) is 24.2 Å². The van der Waals surface area contributed by atoms with Gasteiger partial charge in [-0.05, 0) is 37.6 Å². The van der Waals surface area contributed by atoms with Crippen LogP contribution in [0.5, 0.6) is 0 Å². The molecule has 0 aliphatic heterocycles. The number of para-hydroxylation sites is 1. The Hall–Kier alpha value is -2.58. The van der Waals surface area contributed by atoms with E-state index in [-0.39, 0.29) is 0 Å². The van der Waals surface area contributed by atoms with Crippen LogP contribution in [0.15, 0.2) is 59.6 Å². The van der Waals surface area contributed by atoms with Crippen molar-refractivity contribution in [3.8, 4) is 0 Å². The normalized spacial score (nSPS) is 13.2. The Balaban J connectivity index is 1.80. The zero-order chi connectivity index (χ0) is 22.0. The Morgan fingerprint density at radius 3 is 2.40 bits per heavy atom. The second-order valence-corrected chi connectivity index (χ2v) is 9.17. The van der Waals surface area contributed by atoms with E-state index < -0.39 is 10.0 Å². The molecule has 0 spiro atoms. The van der Waals surface area contributed by atoms with Gasteiger partial charge in [0.15, 0.2) is 5.96 Å². The number of sulfonamides is 1. The van der Waals surface area contributed by atoms with Crippen LogP contribution in [-0.4, -0.2) is 52.2 Å². The maximum atomic E-state index is 11.6. The van der Waals surface area contributed by atoms with Gasteiger partial charge in [0.25, 0.3) is 0 Å². The maximum Gasteiger partial charge on any atom is 0.229 e. The van der Waals surface area contributed by atoms with Crippen molar-refractivity contribution in [3.05, 3.63) is 65.7 Å². The Morgan fingerprint density at radius 1 is 1.07 bits per heavy atom. The largest absolute Gasteiger partial charge is 0.356 e. The molecule has 0 aliphatic carbocycles. The lowest BCUT2D eigenvalue weighted by Crippen LogP contribution is -2.39. The van der Waals surface area contributed by atoms with E-state index in [1.165, 1.54) is 5.56 Å². The minimum atomic E-state index is -3.33. The van der Waals surface area contributed by atoms with Crippen LogP contribution in [0, 0.1) is 0 Å². The number of rotatable bonds is 10. The first-order chi connectivity index (χ1) is 14.3. The molecule has 0 amide bonds. The van der Waals surface area contributed by atoms with Gasteiger partial charge in [0.1, 0.15) is 0 Å². The summed E-state index contributed by atoms with van der Waals surface area (Å²) >= 11 is 0. The van der Waals surface area contributed by atoms with E-state index in [1.807, 2.05) is 18.2 Å². The van der Waals surface area contributed by atoms with Crippen molar-refractivity contribution in [2.45, 2.75) is 32.5 Å². The number of anilines is 1. The number of hydrogen-bond donors (Lipinski definition) is 3. The number of aliphatic imine (C=N–C) groups is 1. The molecule has 1 atom stereocenters. The van der Waals surface area contributed by atoms with E-state index in [1.54, 1.807) is 19.2 Å². The summed E-state index contributed by atoms with van der Waals surface area (Å²) in [5.74, 6) is 0.682. The molecule has 0 saturated heterocycles. The Bertz CT molecular complexity index is 916. The van der Waals surface area contributed by atoms with E-state index in [0.717, 1.165) is 31.3 Å². The first-order valence-corrected chi connectivity index (χ1v) is 11.9. The lowest BCUT2D eigenvalue weighted by Gasteiger charge is -2.25. The molecular formula is C22H33N5O2S. The fourth-order valence-corrected chi connectivity index (χ4v) is 3.62. The molecular weight excluding hydrogens is 398 g/mol. The fraction of sp³-hybridized carbons (Fsp3) is 0.409. The van der Waals surface area contributed by atoms with Gasteiger partial charge in [-0.25, -0.2) is 8.42 Å². The molecule has 0 bridgehead atoms. The third-order valence-electron chi connectivity index (χ3n) is 4.86. The summed E-state index contributed by atoms with van der Waals surface area (Å²) in [6, 6.07) is 18.2. The SMILES string of the molecule is CN=C(NCCC(C)N(C)Cc1ccccc1)NCc1ccccc1NS(C)(=O)=O. The molecule has 1 unspecified atom stereocenters. The highest BCUT2D eigenvalue weighted by Crippen LogP contribution is 2.16. The average molecular weight is 432 g/mol. The molecule has 0 aromatic heterocycles. The van der Waals surface area contributed by atoms with Crippen molar-refractivity contribution in [1.82, 2.24) is 15.5 Å². The third-order valence-corrected chi connectivity index (χ3v) is 5.46. The number of hydrogen-bond acceptors (Lipinski definition) is 4. The Morgan fingerprint density at radius 2 is 1.73 bits per heavy atom. The van der Waals surface area contributed by atoms with Crippen molar-refractivity contribution in [3.63, 3.8) is 0 Å². The van der Waals surface area contributed by atoms with Crippen LogP contribution in [-0.2, 0) is 23.1 Å². The lowest BCUT2D eigenvalue weighted by atomic mass is 10.1. The first-order valence-electron chi connectivity index (χ1n) is 10.0. The number of guanidine groups is 1. The van der Waals surface area contributed by atoms with Crippen molar-refractivity contribution in [1.29, 1.82) is 0 Å². The van der Waals surface area contributed by atoms with Crippen LogP contribution in [0.1, 0.15) is 24.5 Å². The molecule has 2 aromatic rings. The second-order valence-electron chi connectivity index (χ2n) is 7.42. The van der Waals surface area contributed by atoms with E-state index in [4.69, 9.17) is 0 Å². The summed E-state index contributed by atoms with van der Waals surface area (Å²) in [5.41, 5.74) is 2.72. The van der Waals surface area contributed by atoms with Gasteiger partial charge in [-0.1, -0.05) is 48.5 Å². The van der Waals surface area contributed by atoms with Crippen LogP contribution < -0.4 is 15.4 Å². The quantitative estimate of drug-likeness (QED) is 0.398. The van der Waals surface area contributed by atoms with Gasteiger partial charge in [-0.2, -0.15) is 0 Å². The first kappa shape index (κ1) is 23.7. The highest BCUT2D eigenvalue weighted by Gasteiger charge is 2.11. The summed E-state index contributed by atoms with van der Waals surface area (Å²) < 4.78 is 25.7. The molecule has 0 aliphatic rings. The smallest absolute Gasteiger partial charge is 0.229 e. The van der Waals surface area contributed by atoms with Gasteiger partial charge in [-0.3, -0.25) is 14.6 Å². The van der Waals surface area contributed by atoms with Crippen molar-refractivity contribution >= 4 is 21.7 Å². The van der Waals surface area contributed by atoms with Crippen LogP contribution in [0.3, 0.4) is 0 Å². The molecule has 8 heteroatoms. The number of nitrogens with one attached hydrogen (secondary N) is 3. The highest BCUT2D eigenvalue weighted by molar-refractivity contribution is 7.92. The summed E-state index contributed by atoms with van der Waals surface area (Å²) in [7, 11) is 0.532. The second kappa shape index (κ2) is 11.6. The van der Waals surface area contributed by atoms with Gasteiger partial charge < -0.3 is 10.6 Å². The van der Waals surface area contributed by atoms with Crippen LogP contribution in [0.2, 0.25) is 0 Å². The zero-order valence-corrected chi connectivity index (χ0v) is 19.0. The summed E-state index contributed by atoms with van der Waals surface area (Å²) in [4.78, 5) is 6.59. The minimum absolute atomic E-state index is 0.412. The molecule has 2 aromatic carbocycles. The maximum absolute atomic E-state index is 11.6. The Labute approximate surface area is 180 Å². The van der Waals surface area contributed by atoms with Gasteiger partial charge >= 0.3 is 0 Å². The van der Waals surface area contributed by atoms with Gasteiger partial charge in [0.05, 0.1) is 11.9 Å². The van der Waals surface area contributed by atoms with Gasteiger partial charge in [0, 0.05) is 32.7 Å². The van der Waals surface area contributed by atoms with Gasteiger partial charge in [-0.15, -0.1) is 0 Å². The van der Waals surface area contributed by atoms with E-state index >= 15 is 0 Å². The lowest BCUT2D eigenvalue weighted by molar-refractivity contribution is 0.238. The van der Waals surface area contributed by atoms with Gasteiger partial charge in [0.2, 0.25) is 10.0 Å². The zero-order valence-electron chi connectivity index (χ0n) is 18.2. The predicted octanol–water partition coefficient (Wildman–Crippen LogP) is 2.63.